The third kappa shape index (κ3) is 11.5. The SMILES string of the molecule is O=C(O)CC(=O)OCC1OC(Oc2cc(O)cc3[o+]c(-c4ccc(O)cc4)c(OC4OC(COC(=O)C=Cc5ccc(O)cc5)C(O)C(O)C4OC4OCC(O)C(O)C4O)cc23)C(O)C(O)C1O. The lowest BCUT2D eigenvalue weighted by molar-refractivity contribution is -0.345. The fourth-order valence-electron chi connectivity index (χ4n) is 7.22. The van der Waals surface area contributed by atoms with E-state index >= 15 is 0 Å². The van der Waals surface area contributed by atoms with Crippen molar-refractivity contribution in [3.63, 3.8) is 0 Å². The summed E-state index contributed by atoms with van der Waals surface area (Å²) in [6, 6.07) is 14.6. The average molecular weight is 960 g/mol. The maximum Gasteiger partial charge on any atom is 0.402 e. The number of ether oxygens (including phenoxy) is 8. The number of carboxylic acid groups (broad SMARTS) is 1. The molecule has 366 valence electrons. The van der Waals surface area contributed by atoms with E-state index in [2.05, 4.69) is 0 Å². The summed E-state index contributed by atoms with van der Waals surface area (Å²) < 4.78 is 51.7. The number of carboxylic acids is 1. The number of carbonyl (C=O) groups is 3. The summed E-state index contributed by atoms with van der Waals surface area (Å²) in [6.45, 7) is -2.02. The number of benzene rings is 3. The van der Waals surface area contributed by atoms with Gasteiger partial charge in [0.05, 0.1) is 18.2 Å². The molecule has 0 bridgehead atoms. The molecule has 1 aromatic heterocycles. The molecule has 3 aliphatic heterocycles. The largest absolute Gasteiger partial charge is 0.508 e. The van der Waals surface area contributed by atoms with Gasteiger partial charge in [-0.15, -0.1) is 0 Å². The lowest BCUT2D eigenvalue weighted by atomic mass is 9.98. The smallest absolute Gasteiger partial charge is 0.402 e. The van der Waals surface area contributed by atoms with Crippen LogP contribution in [0.4, 0.5) is 0 Å². The first kappa shape index (κ1) is 49.6. The van der Waals surface area contributed by atoms with Gasteiger partial charge in [-0.3, -0.25) is 9.59 Å². The Hall–Kier alpha value is -6.26. The Balaban J connectivity index is 1.23. The van der Waals surface area contributed by atoms with Gasteiger partial charge < -0.3 is 99.2 Å². The number of rotatable bonds is 15. The van der Waals surface area contributed by atoms with Gasteiger partial charge in [-0.2, -0.15) is 0 Å². The monoisotopic (exact) mass is 959 g/mol. The standard InChI is InChI=1S/C44H46O24/c45-20-6-1-18(2-7-20)3-10-31(51)60-16-29-35(55)37(57)41(68-42-38(58)33(53)24(48)15-62-42)44(67-29)65-27-13-23-25(63-40(27)19-4-8-21(46)9-5-19)11-22(47)12-26(23)64-43-39(59)36(56)34(54)28(66-43)17-61-32(52)14-30(49)50/h1-13,24,28-29,33-39,41-44,48,53-59H,14-17H2,(H3-,45,46,47,49,50,51)/p+1. The number of aromatic hydroxyl groups is 3. The molecule has 7 rings (SSSR count). The van der Waals surface area contributed by atoms with E-state index in [9.17, 15) is 70.6 Å². The lowest BCUT2D eigenvalue weighted by Gasteiger charge is -2.44. The Kier molecular flexibility index (Phi) is 15.6. The van der Waals surface area contributed by atoms with E-state index in [0.29, 0.717) is 5.56 Å². The molecule has 3 fully saturated rings. The van der Waals surface area contributed by atoms with E-state index in [0.717, 1.165) is 18.2 Å². The molecule has 4 aromatic rings. The number of hydrogen-bond donors (Lipinski definition) is 12. The highest BCUT2D eigenvalue weighted by Crippen LogP contribution is 2.42. The van der Waals surface area contributed by atoms with Crippen LogP contribution in [0.15, 0.2) is 77.2 Å². The molecule has 3 aliphatic rings. The van der Waals surface area contributed by atoms with Crippen LogP contribution in [0.3, 0.4) is 0 Å². The lowest BCUT2D eigenvalue weighted by Crippen LogP contribution is -2.64. The zero-order valence-corrected chi connectivity index (χ0v) is 35.2. The molecule has 0 aliphatic carbocycles. The van der Waals surface area contributed by atoms with Crippen molar-refractivity contribution >= 4 is 35.0 Å². The fraction of sp³-hybridized carbons (Fsp3) is 0.409. The van der Waals surface area contributed by atoms with E-state index in [1.807, 2.05) is 0 Å². The molecule has 0 spiro atoms. The van der Waals surface area contributed by atoms with Crippen LogP contribution in [-0.2, 0) is 42.8 Å². The average Bonchev–Trinajstić information content (AvgIpc) is 3.30. The fourth-order valence-corrected chi connectivity index (χ4v) is 7.22. The van der Waals surface area contributed by atoms with Gasteiger partial charge in [-0.05, 0) is 48.0 Å². The zero-order chi connectivity index (χ0) is 49.0. The van der Waals surface area contributed by atoms with E-state index in [4.69, 9.17) is 47.4 Å². The molecule has 24 nitrogen and oxygen atoms in total. The van der Waals surface area contributed by atoms with Gasteiger partial charge in [0.2, 0.25) is 18.3 Å². The number of aliphatic hydroxyl groups is 8. The molecule has 4 heterocycles. The quantitative estimate of drug-likeness (QED) is 0.0282. The Morgan fingerprint density at radius 1 is 0.647 bits per heavy atom. The third-order valence-electron chi connectivity index (χ3n) is 10.9. The minimum atomic E-state index is -2.00. The van der Waals surface area contributed by atoms with E-state index in [1.165, 1.54) is 60.7 Å². The van der Waals surface area contributed by atoms with Gasteiger partial charge in [0, 0.05) is 18.2 Å². The van der Waals surface area contributed by atoms with Crippen molar-refractivity contribution in [1.29, 1.82) is 0 Å². The maximum absolute atomic E-state index is 12.8. The van der Waals surface area contributed by atoms with Crippen molar-refractivity contribution in [3.05, 3.63) is 78.4 Å². The molecule has 3 aromatic carbocycles. The first-order valence-electron chi connectivity index (χ1n) is 20.7. The maximum atomic E-state index is 12.8. The van der Waals surface area contributed by atoms with Gasteiger partial charge in [0.1, 0.15) is 109 Å². The van der Waals surface area contributed by atoms with E-state index in [-0.39, 0.29) is 45.3 Å². The van der Waals surface area contributed by atoms with Crippen LogP contribution in [-0.4, -0.2) is 185 Å². The number of hydrogen-bond acceptors (Lipinski definition) is 22. The number of carbonyl (C=O) groups excluding carboxylic acids is 2. The summed E-state index contributed by atoms with van der Waals surface area (Å²) in [5, 5.41) is 126. The highest BCUT2D eigenvalue weighted by atomic mass is 16.8. The highest BCUT2D eigenvalue weighted by Gasteiger charge is 2.51. The number of fused-ring (bicyclic) bond motifs is 1. The highest BCUT2D eigenvalue weighted by molar-refractivity contribution is 5.90. The van der Waals surface area contributed by atoms with Crippen molar-refractivity contribution in [3.8, 4) is 40.1 Å². The van der Waals surface area contributed by atoms with Crippen LogP contribution in [0, 0.1) is 0 Å². The Labute approximate surface area is 383 Å². The van der Waals surface area contributed by atoms with Gasteiger partial charge in [0.25, 0.3) is 0 Å². The summed E-state index contributed by atoms with van der Waals surface area (Å²) in [5.41, 5.74) is 0.582. The van der Waals surface area contributed by atoms with Gasteiger partial charge in [0.15, 0.2) is 12.4 Å². The minimum Gasteiger partial charge on any atom is -0.508 e. The Bertz CT molecular complexity index is 2430. The van der Waals surface area contributed by atoms with Gasteiger partial charge >= 0.3 is 29.3 Å². The van der Waals surface area contributed by atoms with Crippen molar-refractivity contribution in [2.24, 2.45) is 0 Å². The number of phenols is 3. The van der Waals surface area contributed by atoms with E-state index in [1.54, 1.807) is 0 Å². The van der Waals surface area contributed by atoms with Crippen LogP contribution in [0.2, 0.25) is 0 Å². The molecule has 3 saturated heterocycles. The predicted octanol–water partition coefficient (Wildman–Crippen LogP) is -1.39. The summed E-state index contributed by atoms with van der Waals surface area (Å²) in [4.78, 5) is 35.6. The van der Waals surface area contributed by atoms with Crippen molar-refractivity contribution in [2.75, 3.05) is 19.8 Å². The second kappa shape index (κ2) is 21.4. The van der Waals surface area contributed by atoms with Crippen LogP contribution < -0.4 is 9.47 Å². The molecule has 68 heavy (non-hydrogen) atoms. The minimum absolute atomic E-state index is 0.00495. The molecule has 0 radical (unpaired) electrons. The summed E-state index contributed by atoms with van der Waals surface area (Å²) in [5.74, 6) is -5.08. The number of aliphatic hydroxyl groups excluding tert-OH is 8. The first-order valence-corrected chi connectivity index (χ1v) is 20.7. The zero-order valence-electron chi connectivity index (χ0n) is 35.2. The molecule has 14 unspecified atom stereocenters. The second-order valence-electron chi connectivity index (χ2n) is 15.8. The van der Waals surface area contributed by atoms with Crippen LogP contribution in [0.25, 0.3) is 28.4 Å². The molecule has 0 amide bonds. The van der Waals surface area contributed by atoms with Crippen molar-refractivity contribution < 1.29 is 118 Å². The van der Waals surface area contributed by atoms with Gasteiger partial charge in [-0.25, -0.2) is 9.21 Å². The third-order valence-corrected chi connectivity index (χ3v) is 10.9. The number of aliphatic carboxylic acids is 1. The second-order valence-corrected chi connectivity index (χ2v) is 15.8. The predicted molar refractivity (Wildman–Crippen MR) is 222 cm³/mol. The van der Waals surface area contributed by atoms with Crippen molar-refractivity contribution in [2.45, 2.75) is 92.4 Å². The Morgan fingerprint density at radius 3 is 1.93 bits per heavy atom. The van der Waals surface area contributed by atoms with E-state index < -0.39 is 136 Å². The topological polar surface area (TPSA) is 379 Å². The van der Waals surface area contributed by atoms with Crippen molar-refractivity contribution in [1.82, 2.24) is 0 Å². The van der Waals surface area contributed by atoms with Gasteiger partial charge in [-0.1, -0.05) is 12.1 Å². The molecule has 24 heteroatoms. The first-order chi connectivity index (χ1) is 32.4. The molecule has 0 saturated carbocycles. The Morgan fingerprint density at radius 2 is 1.25 bits per heavy atom. The summed E-state index contributed by atoms with van der Waals surface area (Å²) >= 11 is 0. The summed E-state index contributed by atoms with van der Waals surface area (Å²) in [7, 11) is 0. The number of phenolic OH excluding ortho intramolecular Hbond substituents is 3. The van der Waals surface area contributed by atoms with Crippen LogP contribution in [0.1, 0.15) is 12.0 Å². The molecule has 12 N–H and O–H groups in total. The summed E-state index contributed by atoms with van der Waals surface area (Å²) in [6.07, 6.45) is -24.1. The van der Waals surface area contributed by atoms with Crippen LogP contribution >= 0.6 is 0 Å². The molecule has 14 atom stereocenters. The normalized spacial score (nSPS) is 30.7. The number of esters is 2. The van der Waals surface area contributed by atoms with Crippen LogP contribution in [0.5, 0.6) is 28.7 Å². The molecular formula is C44H47O24+. The molecular weight excluding hydrogens is 912 g/mol.